The Morgan fingerprint density at radius 3 is 2.18 bits per heavy atom. The Balaban J connectivity index is 1.85. The van der Waals surface area contributed by atoms with Crippen LogP contribution in [0.4, 0.5) is 0 Å². The average Bonchev–Trinajstić information content (AvgIpc) is 3.39. The number of aromatic amines is 1. The number of nitrogens with one attached hydrogen (secondary N) is 4. The number of aliphatic hydroxyl groups excluding tert-OH is 1. The number of hydrogen-bond acceptors (Lipinski definition) is 7. The molecule has 12 N–H and O–H groups in total. The molecule has 2 aromatic carbocycles. The van der Waals surface area contributed by atoms with Gasteiger partial charge in [0.05, 0.1) is 12.1 Å². The van der Waals surface area contributed by atoms with Crippen molar-refractivity contribution >= 4 is 40.6 Å². The smallest absolute Gasteiger partial charge is 0.328 e. The van der Waals surface area contributed by atoms with Gasteiger partial charge in [-0.1, -0.05) is 48.5 Å². The molecule has 14 heteroatoms. The number of hydrogen-bond donors (Lipinski definition) is 9. The van der Waals surface area contributed by atoms with Crippen LogP contribution < -0.4 is 33.2 Å². The summed E-state index contributed by atoms with van der Waals surface area (Å²) in [6.45, 7) is 1.36. The molecule has 1 heterocycles. The van der Waals surface area contributed by atoms with Gasteiger partial charge in [0.15, 0.2) is 12.0 Å². The van der Waals surface area contributed by atoms with Crippen LogP contribution in [0.3, 0.4) is 0 Å². The maximum absolute atomic E-state index is 13.7. The van der Waals surface area contributed by atoms with E-state index in [1.54, 1.807) is 6.20 Å². The summed E-state index contributed by atoms with van der Waals surface area (Å²) in [7, 11) is 0. The second-order valence-corrected chi connectivity index (χ2v) is 10.5. The molecule has 14 nitrogen and oxygen atoms in total. The van der Waals surface area contributed by atoms with Crippen LogP contribution >= 0.6 is 0 Å². The van der Waals surface area contributed by atoms with Gasteiger partial charge in [-0.15, -0.1) is 0 Å². The molecule has 0 saturated carbocycles. The molecule has 5 atom stereocenters. The zero-order valence-corrected chi connectivity index (χ0v) is 24.4. The van der Waals surface area contributed by atoms with E-state index in [4.69, 9.17) is 17.2 Å². The van der Waals surface area contributed by atoms with Gasteiger partial charge in [0.25, 0.3) is 0 Å². The third kappa shape index (κ3) is 9.81. The van der Waals surface area contributed by atoms with Crippen molar-refractivity contribution in [2.45, 2.75) is 62.9 Å². The molecule has 0 fully saturated rings. The number of rotatable bonds is 16. The highest BCUT2D eigenvalue weighted by Gasteiger charge is 2.32. The quantitative estimate of drug-likeness (QED) is 0.0563. The summed E-state index contributed by atoms with van der Waals surface area (Å²) in [4.78, 5) is 58.7. The number of aliphatic carboxylic acids is 1. The summed E-state index contributed by atoms with van der Waals surface area (Å²) < 4.78 is 0. The molecule has 0 aliphatic carbocycles. The number of aromatic nitrogens is 1. The first-order chi connectivity index (χ1) is 21.0. The largest absolute Gasteiger partial charge is 0.480 e. The van der Waals surface area contributed by atoms with Gasteiger partial charge in [0, 0.05) is 30.1 Å². The lowest BCUT2D eigenvalue weighted by molar-refractivity contribution is -0.145. The van der Waals surface area contributed by atoms with E-state index >= 15 is 0 Å². The summed E-state index contributed by atoms with van der Waals surface area (Å²) in [5.41, 5.74) is 19.4. The molecule has 1 aromatic heterocycles. The van der Waals surface area contributed by atoms with Crippen molar-refractivity contribution < 1.29 is 29.4 Å². The van der Waals surface area contributed by atoms with Gasteiger partial charge in [-0.2, -0.15) is 0 Å². The van der Waals surface area contributed by atoms with Gasteiger partial charge < -0.3 is 48.3 Å². The topological polar surface area (TPSA) is 251 Å². The van der Waals surface area contributed by atoms with E-state index in [-0.39, 0.29) is 38.2 Å². The molecule has 44 heavy (non-hydrogen) atoms. The molecule has 0 saturated heterocycles. The number of amides is 3. The third-order valence-corrected chi connectivity index (χ3v) is 6.99. The zero-order valence-electron chi connectivity index (χ0n) is 24.4. The van der Waals surface area contributed by atoms with E-state index in [0.717, 1.165) is 22.0 Å². The number of benzene rings is 2. The predicted molar refractivity (Wildman–Crippen MR) is 165 cm³/mol. The Bertz CT molecular complexity index is 1450. The summed E-state index contributed by atoms with van der Waals surface area (Å²) in [6.07, 6.45) is 0.911. The van der Waals surface area contributed by atoms with Gasteiger partial charge >= 0.3 is 5.97 Å². The SMILES string of the molecule is CC(O)C(NC(=O)C(CCCN=C(N)N)NC(=O)C(Cc1c[nH]c2ccccc12)NC(=O)C(N)Cc1ccccc1)C(=O)O. The third-order valence-electron chi connectivity index (χ3n) is 6.99. The van der Waals surface area contributed by atoms with Gasteiger partial charge in [0.1, 0.15) is 12.1 Å². The van der Waals surface area contributed by atoms with Crippen LogP contribution in [0.2, 0.25) is 0 Å². The molecule has 3 amide bonds. The fraction of sp³-hybridized carbons (Fsp3) is 0.367. The van der Waals surface area contributed by atoms with Crippen molar-refractivity contribution in [2.24, 2.45) is 22.2 Å². The van der Waals surface area contributed by atoms with Crippen molar-refractivity contribution in [1.82, 2.24) is 20.9 Å². The monoisotopic (exact) mass is 608 g/mol. The highest BCUT2D eigenvalue weighted by molar-refractivity contribution is 5.95. The van der Waals surface area contributed by atoms with Crippen molar-refractivity contribution in [3.05, 3.63) is 71.9 Å². The summed E-state index contributed by atoms with van der Waals surface area (Å²) >= 11 is 0. The number of aliphatic imine (C=N–C) groups is 1. The van der Waals surface area contributed by atoms with Crippen molar-refractivity contribution in [2.75, 3.05) is 6.54 Å². The molecule has 0 radical (unpaired) electrons. The molecular formula is C30H40N8O6. The Hall–Kier alpha value is -4.95. The summed E-state index contributed by atoms with van der Waals surface area (Å²) in [5.74, 6) is -3.70. The average molecular weight is 609 g/mol. The second-order valence-electron chi connectivity index (χ2n) is 10.5. The Morgan fingerprint density at radius 2 is 1.52 bits per heavy atom. The normalized spacial score (nSPS) is 14.4. The number of carboxylic acid groups (broad SMARTS) is 1. The van der Waals surface area contributed by atoms with E-state index in [0.29, 0.717) is 0 Å². The fourth-order valence-electron chi connectivity index (χ4n) is 4.66. The number of guanidine groups is 1. The molecule has 0 spiro atoms. The number of aliphatic hydroxyl groups is 1. The number of nitrogens with two attached hydrogens (primary N) is 3. The van der Waals surface area contributed by atoms with Crippen LogP contribution in [-0.2, 0) is 32.0 Å². The highest BCUT2D eigenvalue weighted by atomic mass is 16.4. The molecule has 3 aromatic rings. The lowest BCUT2D eigenvalue weighted by Crippen LogP contribution is -2.58. The molecule has 0 bridgehead atoms. The Morgan fingerprint density at radius 1 is 0.886 bits per heavy atom. The van der Waals surface area contributed by atoms with Crippen LogP contribution in [-0.4, -0.2) is 81.7 Å². The number of para-hydroxylation sites is 1. The minimum atomic E-state index is -1.61. The molecule has 236 valence electrons. The van der Waals surface area contributed by atoms with Crippen molar-refractivity contribution in [3.63, 3.8) is 0 Å². The van der Waals surface area contributed by atoms with Crippen molar-refractivity contribution in [3.8, 4) is 0 Å². The predicted octanol–water partition coefficient (Wildman–Crippen LogP) is -0.746. The minimum absolute atomic E-state index is 0.0295. The molecule has 0 aliphatic heterocycles. The van der Waals surface area contributed by atoms with Crippen molar-refractivity contribution in [1.29, 1.82) is 0 Å². The van der Waals surface area contributed by atoms with E-state index in [1.807, 2.05) is 54.6 Å². The lowest BCUT2D eigenvalue weighted by atomic mass is 10.0. The van der Waals surface area contributed by atoms with Crippen LogP contribution in [0.25, 0.3) is 10.9 Å². The number of carboxylic acids is 1. The first kappa shape index (κ1) is 33.6. The van der Waals surface area contributed by atoms with Crippen LogP contribution in [0, 0.1) is 0 Å². The molecular weight excluding hydrogens is 568 g/mol. The van der Waals surface area contributed by atoms with Gasteiger partial charge in [-0.05, 0) is 43.4 Å². The van der Waals surface area contributed by atoms with E-state index in [9.17, 15) is 29.4 Å². The number of H-pyrrole nitrogens is 1. The maximum Gasteiger partial charge on any atom is 0.328 e. The first-order valence-corrected chi connectivity index (χ1v) is 14.2. The van der Waals surface area contributed by atoms with Crippen LogP contribution in [0.5, 0.6) is 0 Å². The van der Waals surface area contributed by atoms with Crippen LogP contribution in [0.15, 0.2) is 65.8 Å². The Labute approximate surface area is 254 Å². The minimum Gasteiger partial charge on any atom is -0.480 e. The van der Waals surface area contributed by atoms with Gasteiger partial charge in [0.2, 0.25) is 17.7 Å². The number of fused-ring (bicyclic) bond motifs is 1. The van der Waals surface area contributed by atoms with E-state index < -0.39 is 54.0 Å². The zero-order chi connectivity index (χ0) is 32.2. The van der Waals surface area contributed by atoms with Gasteiger partial charge in [-0.25, -0.2) is 4.79 Å². The first-order valence-electron chi connectivity index (χ1n) is 14.2. The standard InChI is InChI=1S/C30H40N8O6/c1-17(39)25(29(43)44)38-27(41)23(12-7-13-34-30(32)33)36-28(42)24(15-19-16-35-22-11-6-5-10-20(19)22)37-26(40)21(31)14-18-8-3-2-4-9-18/h2-6,8-11,16-17,21,23-25,35,39H,7,12-15,31H2,1H3,(H,36,42)(H,37,40)(H,38,41)(H,43,44)(H4,32,33,34). The molecule has 3 rings (SSSR count). The van der Waals surface area contributed by atoms with E-state index in [1.165, 1.54) is 6.92 Å². The lowest BCUT2D eigenvalue weighted by Gasteiger charge is -2.26. The Kier molecular flexibility index (Phi) is 12.2. The second kappa shape index (κ2) is 16.0. The maximum atomic E-state index is 13.7. The summed E-state index contributed by atoms with van der Waals surface area (Å²) in [5, 5.41) is 27.8. The molecule has 0 aliphatic rings. The van der Waals surface area contributed by atoms with E-state index in [2.05, 4.69) is 25.9 Å². The van der Waals surface area contributed by atoms with Crippen LogP contribution in [0.1, 0.15) is 30.9 Å². The number of carbonyl (C=O) groups excluding carboxylic acids is 3. The number of nitrogens with zero attached hydrogens (tertiary/aromatic N) is 1. The van der Waals surface area contributed by atoms with Gasteiger partial charge in [-0.3, -0.25) is 19.4 Å². The molecule has 5 unspecified atom stereocenters. The highest BCUT2D eigenvalue weighted by Crippen LogP contribution is 2.19. The fourth-order valence-corrected chi connectivity index (χ4v) is 4.66. The summed E-state index contributed by atoms with van der Waals surface area (Å²) in [6, 6.07) is 11.7. The number of carbonyl (C=O) groups is 4.